The molecular formula is C22H20N4O5. The molecule has 0 saturated carbocycles. The molecule has 3 aromatic rings. The van der Waals surface area contributed by atoms with Crippen molar-refractivity contribution >= 4 is 28.4 Å². The molecule has 0 radical (unpaired) electrons. The average molecular weight is 420 g/mol. The van der Waals surface area contributed by atoms with Gasteiger partial charge in [0.2, 0.25) is 18.6 Å². The predicted molar refractivity (Wildman–Crippen MR) is 112 cm³/mol. The zero-order valence-corrected chi connectivity index (χ0v) is 16.8. The second-order valence-electron chi connectivity index (χ2n) is 7.54. The van der Waals surface area contributed by atoms with Crippen molar-refractivity contribution in [2.45, 2.75) is 32.4 Å². The maximum Gasteiger partial charge on any atom is 0.264 e. The summed E-state index contributed by atoms with van der Waals surface area (Å²) in [5, 5.41) is 6.01. The lowest BCUT2D eigenvalue weighted by atomic mass is 10.1. The van der Waals surface area contributed by atoms with E-state index in [4.69, 9.17) is 9.47 Å². The Morgan fingerprint density at radius 3 is 2.84 bits per heavy atom. The average Bonchev–Trinajstić information content (AvgIpc) is 3.21. The molecule has 0 spiro atoms. The smallest absolute Gasteiger partial charge is 0.264 e. The summed E-state index contributed by atoms with van der Waals surface area (Å²) < 4.78 is 12.1. The largest absolute Gasteiger partial charge is 0.454 e. The lowest BCUT2D eigenvalue weighted by molar-refractivity contribution is -0.135. The van der Waals surface area contributed by atoms with Crippen LogP contribution in [0.1, 0.15) is 30.3 Å². The summed E-state index contributed by atoms with van der Waals surface area (Å²) >= 11 is 0. The summed E-state index contributed by atoms with van der Waals surface area (Å²) in [6, 6.07) is 10.3. The molecule has 3 heterocycles. The van der Waals surface area contributed by atoms with Crippen LogP contribution in [-0.4, -0.2) is 28.2 Å². The number of carbonyl (C=O) groups is 2. The molecule has 1 atom stereocenters. The number of aromatic nitrogens is 2. The van der Waals surface area contributed by atoms with E-state index in [0.29, 0.717) is 40.5 Å². The molecule has 5 rings (SSSR count). The van der Waals surface area contributed by atoms with E-state index in [2.05, 4.69) is 15.6 Å². The number of nitrogens with zero attached hydrogens (tertiary/aromatic N) is 2. The Bertz CT molecular complexity index is 1280. The monoisotopic (exact) mass is 420 g/mol. The Hall–Kier alpha value is -3.88. The molecule has 0 aliphatic carbocycles. The van der Waals surface area contributed by atoms with Gasteiger partial charge in [-0.1, -0.05) is 12.1 Å². The summed E-state index contributed by atoms with van der Waals surface area (Å²) in [5.74, 6) is 1.02. The second-order valence-corrected chi connectivity index (χ2v) is 7.54. The van der Waals surface area contributed by atoms with Crippen molar-refractivity contribution in [3.05, 3.63) is 58.1 Å². The minimum absolute atomic E-state index is 0.185. The standard InChI is InChI=1S/C22H20N4O5/c1-12-24-15-4-2-3-14(23-10-13-5-7-17-18(9-13)31-11-30-17)20(15)22(29)26(12)16-6-8-19(27)25-21(16)28/h2-5,7,9,16,23H,6,8,10-11H2,1H3,(H,25,27,28). The fourth-order valence-corrected chi connectivity index (χ4v) is 4.04. The maximum absolute atomic E-state index is 13.4. The highest BCUT2D eigenvalue weighted by Crippen LogP contribution is 2.33. The van der Waals surface area contributed by atoms with Crippen molar-refractivity contribution < 1.29 is 19.1 Å². The van der Waals surface area contributed by atoms with Crippen molar-refractivity contribution in [2.75, 3.05) is 12.1 Å². The number of benzene rings is 2. The van der Waals surface area contributed by atoms with Gasteiger partial charge in [-0.25, -0.2) is 4.98 Å². The maximum atomic E-state index is 13.4. The van der Waals surface area contributed by atoms with Crippen LogP contribution in [0, 0.1) is 6.92 Å². The number of ether oxygens (including phenoxy) is 2. The molecule has 158 valence electrons. The minimum atomic E-state index is -0.760. The van der Waals surface area contributed by atoms with Crippen molar-refractivity contribution in [1.29, 1.82) is 0 Å². The van der Waals surface area contributed by atoms with Crippen LogP contribution in [0.25, 0.3) is 10.9 Å². The number of amides is 2. The number of carbonyl (C=O) groups excluding carboxylic acids is 2. The van der Waals surface area contributed by atoms with Gasteiger partial charge in [0.1, 0.15) is 11.9 Å². The Labute approximate surface area is 177 Å². The molecule has 2 aromatic carbocycles. The van der Waals surface area contributed by atoms with Crippen LogP contribution in [0.5, 0.6) is 11.5 Å². The predicted octanol–water partition coefficient (Wildman–Crippen LogP) is 2.02. The van der Waals surface area contributed by atoms with Gasteiger partial charge in [0.05, 0.1) is 10.9 Å². The van der Waals surface area contributed by atoms with Gasteiger partial charge >= 0.3 is 0 Å². The summed E-state index contributed by atoms with van der Waals surface area (Å²) in [4.78, 5) is 41.9. The molecule has 1 fully saturated rings. The molecule has 1 saturated heterocycles. The molecular weight excluding hydrogens is 400 g/mol. The van der Waals surface area contributed by atoms with E-state index >= 15 is 0 Å². The first-order valence-corrected chi connectivity index (χ1v) is 9.99. The number of hydrogen-bond donors (Lipinski definition) is 2. The third kappa shape index (κ3) is 3.37. The molecule has 0 bridgehead atoms. The molecule has 1 aromatic heterocycles. The molecule has 9 nitrogen and oxygen atoms in total. The van der Waals surface area contributed by atoms with E-state index in [-0.39, 0.29) is 31.1 Å². The topological polar surface area (TPSA) is 112 Å². The quantitative estimate of drug-likeness (QED) is 0.621. The van der Waals surface area contributed by atoms with Gasteiger partial charge in [-0.15, -0.1) is 0 Å². The first-order chi connectivity index (χ1) is 15.0. The molecule has 1 unspecified atom stereocenters. The van der Waals surface area contributed by atoms with Crippen molar-refractivity contribution in [3.63, 3.8) is 0 Å². The number of nitrogens with one attached hydrogen (secondary N) is 2. The van der Waals surface area contributed by atoms with Crippen LogP contribution >= 0.6 is 0 Å². The SMILES string of the molecule is Cc1nc2cccc(NCc3ccc4c(c3)OCO4)c2c(=O)n1C1CCC(=O)NC1=O. The molecule has 2 aliphatic heterocycles. The minimum Gasteiger partial charge on any atom is -0.454 e. The number of anilines is 1. The zero-order valence-electron chi connectivity index (χ0n) is 16.8. The Kier molecular flexibility index (Phi) is 4.58. The number of fused-ring (bicyclic) bond motifs is 2. The van der Waals surface area contributed by atoms with E-state index in [1.807, 2.05) is 30.3 Å². The highest BCUT2D eigenvalue weighted by Gasteiger charge is 2.30. The number of hydrogen-bond acceptors (Lipinski definition) is 7. The Morgan fingerprint density at radius 1 is 1.16 bits per heavy atom. The van der Waals surface area contributed by atoms with E-state index < -0.39 is 11.9 Å². The lowest BCUT2D eigenvalue weighted by Gasteiger charge is -2.24. The van der Waals surface area contributed by atoms with E-state index in [9.17, 15) is 14.4 Å². The van der Waals surface area contributed by atoms with Crippen molar-refractivity contribution in [2.24, 2.45) is 0 Å². The summed E-state index contributed by atoms with van der Waals surface area (Å²) in [7, 11) is 0. The highest BCUT2D eigenvalue weighted by atomic mass is 16.7. The number of aryl methyl sites for hydroxylation is 1. The van der Waals surface area contributed by atoms with Crippen molar-refractivity contribution in [1.82, 2.24) is 14.9 Å². The molecule has 2 aliphatic rings. The van der Waals surface area contributed by atoms with E-state index in [1.54, 1.807) is 13.0 Å². The fraction of sp³-hybridized carbons (Fsp3) is 0.273. The highest BCUT2D eigenvalue weighted by molar-refractivity contribution is 5.99. The van der Waals surface area contributed by atoms with Crippen molar-refractivity contribution in [3.8, 4) is 11.5 Å². The van der Waals surface area contributed by atoms with Crippen LogP contribution in [0.15, 0.2) is 41.2 Å². The first-order valence-electron chi connectivity index (χ1n) is 9.99. The van der Waals surface area contributed by atoms with E-state index in [1.165, 1.54) is 4.57 Å². The van der Waals surface area contributed by atoms with Gasteiger partial charge in [0, 0.05) is 18.7 Å². The molecule has 2 N–H and O–H groups in total. The van der Waals surface area contributed by atoms with Crippen LogP contribution in [0.2, 0.25) is 0 Å². The second kappa shape index (κ2) is 7.42. The Morgan fingerprint density at radius 2 is 2.00 bits per heavy atom. The molecule has 2 amide bonds. The first kappa shape index (κ1) is 19.1. The van der Waals surface area contributed by atoms with Crippen LogP contribution in [0.4, 0.5) is 5.69 Å². The van der Waals surface area contributed by atoms with E-state index in [0.717, 1.165) is 5.56 Å². The van der Waals surface area contributed by atoms with Crippen LogP contribution < -0.4 is 25.7 Å². The normalized spacial score (nSPS) is 17.6. The van der Waals surface area contributed by atoms with Gasteiger partial charge in [-0.05, 0) is 43.2 Å². The third-order valence-corrected chi connectivity index (χ3v) is 5.55. The molecule has 9 heteroatoms. The van der Waals surface area contributed by atoms with Gasteiger partial charge in [-0.2, -0.15) is 0 Å². The van der Waals surface area contributed by atoms with Gasteiger partial charge in [-0.3, -0.25) is 24.3 Å². The summed E-state index contributed by atoms with van der Waals surface area (Å²) in [6.07, 6.45) is 0.454. The summed E-state index contributed by atoms with van der Waals surface area (Å²) in [5.41, 5.74) is 1.81. The van der Waals surface area contributed by atoms with Gasteiger partial charge < -0.3 is 14.8 Å². The number of piperidine rings is 1. The Balaban J connectivity index is 1.51. The van der Waals surface area contributed by atoms with Gasteiger partial charge in [0.15, 0.2) is 11.5 Å². The lowest BCUT2D eigenvalue weighted by Crippen LogP contribution is -2.45. The number of imide groups is 1. The number of rotatable bonds is 4. The zero-order chi connectivity index (χ0) is 21.5. The fourth-order valence-electron chi connectivity index (χ4n) is 4.04. The van der Waals surface area contributed by atoms with Crippen LogP contribution in [0.3, 0.4) is 0 Å². The molecule has 31 heavy (non-hydrogen) atoms. The van der Waals surface area contributed by atoms with Gasteiger partial charge in [0.25, 0.3) is 5.56 Å². The third-order valence-electron chi connectivity index (χ3n) is 5.55. The summed E-state index contributed by atoms with van der Waals surface area (Å²) in [6.45, 7) is 2.36. The van der Waals surface area contributed by atoms with Crippen LogP contribution in [-0.2, 0) is 16.1 Å².